The monoisotopic (exact) mass is 469 g/mol. The number of nitrogens with zero attached hydrogens (tertiary/aromatic N) is 1. The summed E-state index contributed by atoms with van der Waals surface area (Å²) in [7, 11) is 3.01. The molecule has 0 aliphatic rings. The maximum absolute atomic E-state index is 12.4. The fraction of sp³-hybridized carbons (Fsp3) is 0.292. The zero-order chi connectivity index (χ0) is 23.6. The molecule has 33 heavy (non-hydrogen) atoms. The lowest BCUT2D eigenvalue weighted by Gasteiger charge is -2.10. The molecule has 0 unspecified atom stereocenters. The molecule has 2 amide bonds. The van der Waals surface area contributed by atoms with Crippen LogP contribution < -0.4 is 20.2 Å². The lowest BCUT2D eigenvalue weighted by atomic mass is 10.1. The van der Waals surface area contributed by atoms with Gasteiger partial charge in [0, 0.05) is 39.6 Å². The Balaban J connectivity index is 1.65. The molecule has 3 aromatic rings. The quantitative estimate of drug-likeness (QED) is 0.254. The minimum atomic E-state index is -0.433. The Hall–Kier alpha value is -3.43. The summed E-state index contributed by atoms with van der Waals surface area (Å²) in [5.74, 6) is 0.107. The molecule has 0 spiro atoms. The molecule has 0 saturated carbocycles. The van der Waals surface area contributed by atoms with E-state index >= 15 is 0 Å². The zero-order valence-corrected chi connectivity index (χ0v) is 19.7. The van der Waals surface area contributed by atoms with Gasteiger partial charge in [-0.05, 0) is 31.2 Å². The summed E-state index contributed by atoms with van der Waals surface area (Å²) < 4.78 is 17.0. The normalized spacial score (nSPS) is 11.3. The van der Waals surface area contributed by atoms with Gasteiger partial charge in [-0.2, -0.15) is 5.10 Å². The van der Waals surface area contributed by atoms with Crippen LogP contribution in [0, 0.1) is 0 Å². The lowest BCUT2D eigenvalue weighted by molar-refractivity contribution is -0.120. The van der Waals surface area contributed by atoms with Gasteiger partial charge in [0.05, 0.1) is 33.1 Å². The highest BCUT2D eigenvalue weighted by Crippen LogP contribution is 2.28. The number of hydrogen-bond donors (Lipinski definition) is 2. The fourth-order valence-corrected chi connectivity index (χ4v) is 4.14. The fourth-order valence-electron chi connectivity index (χ4n) is 3.17. The molecule has 0 fully saturated rings. The summed E-state index contributed by atoms with van der Waals surface area (Å²) in [6.07, 6.45) is 0.548. The minimum Gasteiger partial charge on any atom is -0.493 e. The van der Waals surface area contributed by atoms with E-state index in [0.29, 0.717) is 36.7 Å². The van der Waals surface area contributed by atoms with Crippen molar-refractivity contribution in [2.75, 3.05) is 34.0 Å². The van der Waals surface area contributed by atoms with Gasteiger partial charge in [0.2, 0.25) is 0 Å². The number of amides is 2. The number of fused-ring (bicyclic) bond motifs is 1. The number of thiophene rings is 1. The Morgan fingerprint density at radius 3 is 2.61 bits per heavy atom. The predicted octanol–water partition coefficient (Wildman–Crippen LogP) is 3.60. The molecule has 1 aromatic heterocycles. The van der Waals surface area contributed by atoms with Gasteiger partial charge in [-0.25, -0.2) is 5.43 Å². The molecule has 0 saturated heterocycles. The highest BCUT2D eigenvalue weighted by Gasteiger charge is 2.14. The molecule has 3 rings (SSSR count). The van der Waals surface area contributed by atoms with Crippen molar-refractivity contribution in [2.24, 2.45) is 5.10 Å². The average Bonchev–Trinajstić information content (AvgIpc) is 3.28. The molecule has 8 nitrogen and oxygen atoms in total. The molecule has 0 aliphatic heterocycles. The Morgan fingerprint density at radius 1 is 1.06 bits per heavy atom. The number of carbonyl (C=O) groups excluding carboxylic acids is 2. The van der Waals surface area contributed by atoms with E-state index in [1.807, 2.05) is 36.6 Å². The minimum absolute atomic E-state index is 0.222. The molecule has 1 heterocycles. The zero-order valence-electron chi connectivity index (χ0n) is 18.8. The van der Waals surface area contributed by atoms with Crippen molar-refractivity contribution < 1.29 is 23.8 Å². The van der Waals surface area contributed by atoms with Crippen LogP contribution in [0.25, 0.3) is 10.1 Å². The van der Waals surface area contributed by atoms with E-state index in [2.05, 4.69) is 15.8 Å². The molecule has 2 N–H and O–H groups in total. The van der Waals surface area contributed by atoms with Crippen molar-refractivity contribution in [3.8, 4) is 11.5 Å². The molecule has 0 aliphatic carbocycles. The summed E-state index contributed by atoms with van der Waals surface area (Å²) in [6.45, 7) is 2.80. The van der Waals surface area contributed by atoms with E-state index in [9.17, 15) is 9.59 Å². The van der Waals surface area contributed by atoms with Crippen molar-refractivity contribution in [1.82, 2.24) is 10.7 Å². The molecule has 174 valence electrons. The van der Waals surface area contributed by atoms with E-state index in [-0.39, 0.29) is 6.54 Å². The summed E-state index contributed by atoms with van der Waals surface area (Å²) in [6, 6.07) is 12.8. The average molecular weight is 470 g/mol. The number of hydrazone groups is 1. The third-order valence-electron chi connectivity index (χ3n) is 4.85. The molecular weight excluding hydrogens is 442 g/mol. The van der Waals surface area contributed by atoms with Crippen LogP contribution in [-0.2, 0) is 9.53 Å². The summed E-state index contributed by atoms with van der Waals surface area (Å²) in [4.78, 5) is 24.8. The van der Waals surface area contributed by atoms with Gasteiger partial charge in [0.1, 0.15) is 0 Å². The Morgan fingerprint density at radius 2 is 1.85 bits per heavy atom. The molecule has 0 atom stereocenters. The van der Waals surface area contributed by atoms with Crippen LogP contribution in [0.2, 0.25) is 0 Å². The summed E-state index contributed by atoms with van der Waals surface area (Å²) >= 11 is 1.62. The molecular formula is C24H27N3O5S. The van der Waals surface area contributed by atoms with E-state index in [1.165, 1.54) is 14.2 Å². The highest BCUT2D eigenvalue weighted by atomic mass is 32.1. The number of carbonyl (C=O) groups is 2. The third-order valence-corrected chi connectivity index (χ3v) is 5.81. The topological polar surface area (TPSA) is 98.2 Å². The van der Waals surface area contributed by atoms with Gasteiger partial charge >= 0.3 is 0 Å². The number of benzene rings is 2. The van der Waals surface area contributed by atoms with Crippen LogP contribution in [0.3, 0.4) is 0 Å². The molecule has 0 radical (unpaired) electrons. The Bertz CT molecular complexity index is 1140. The lowest BCUT2D eigenvalue weighted by Crippen LogP contribution is -2.35. The second-order valence-electron chi connectivity index (χ2n) is 6.94. The maximum atomic E-state index is 12.4. The van der Waals surface area contributed by atoms with Crippen LogP contribution in [0.4, 0.5) is 0 Å². The Kier molecular flexibility index (Phi) is 8.79. The summed E-state index contributed by atoms with van der Waals surface area (Å²) in [5, 5.41) is 10.0. The predicted molar refractivity (Wildman–Crippen MR) is 129 cm³/mol. The van der Waals surface area contributed by atoms with E-state index in [4.69, 9.17) is 14.2 Å². The number of nitrogens with one attached hydrogen (secondary N) is 2. The second kappa shape index (κ2) is 12.0. The van der Waals surface area contributed by atoms with Gasteiger partial charge in [-0.15, -0.1) is 11.3 Å². The van der Waals surface area contributed by atoms with E-state index in [1.54, 1.807) is 29.5 Å². The summed E-state index contributed by atoms with van der Waals surface area (Å²) in [5.41, 5.74) is 4.59. The number of rotatable bonds is 11. The smallest absolute Gasteiger partial charge is 0.259 e. The first-order chi connectivity index (χ1) is 16.1. The SMILES string of the molecule is CCOCCC(=NNC(=O)CNC(=O)c1ccc(OC)c(OC)c1)c1csc2ccccc12. The van der Waals surface area contributed by atoms with Crippen molar-refractivity contribution in [3.05, 3.63) is 59.0 Å². The first-order valence-corrected chi connectivity index (χ1v) is 11.3. The van der Waals surface area contributed by atoms with Crippen molar-refractivity contribution >= 4 is 38.9 Å². The van der Waals surface area contributed by atoms with Crippen LogP contribution >= 0.6 is 11.3 Å². The third kappa shape index (κ3) is 6.30. The van der Waals surface area contributed by atoms with Crippen LogP contribution in [0.15, 0.2) is 52.9 Å². The molecule has 9 heteroatoms. The van der Waals surface area contributed by atoms with Gasteiger partial charge in [0.25, 0.3) is 11.8 Å². The molecule has 2 aromatic carbocycles. The van der Waals surface area contributed by atoms with Crippen molar-refractivity contribution in [3.63, 3.8) is 0 Å². The molecule has 0 bridgehead atoms. The largest absolute Gasteiger partial charge is 0.493 e. The number of ether oxygens (including phenoxy) is 3. The van der Waals surface area contributed by atoms with Gasteiger partial charge in [-0.3, -0.25) is 9.59 Å². The van der Waals surface area contributed by atoms with Crippen molar-refractivity contribution in [2.45, 2.75) is 13.3 Å². The first-order valence-electron chi connectivity index (χ1n) is 10.5. The second-order valence-corrected chi connectivity index (χ2v) is 7.85. The van der Waals surface area contributed by atoms with Crippen molar-refractivity contribution in [1.29, 1.82) is 0 Å². The number of hydrogen-bond acceptors (Lipinski definition) is 7. The van der Waals surface area contributed by atoms with E-state index < -0.39 is 11.8 Å². The van der Waals surface area contributed by atoms with Crippen LogP contribution in [0.1, 0.15) is 29.3 Å². The first kappa shape index (κ1) is 24.2. The Labute approximate surface area is 196 Å². The van der Waals surface area contributed by atoms with Crippen LogP contribution in [0.5, 0.6) is 11.5 Å². The van der Waals surface area contributed by atoms with Crippen LogP contribution in [-0.4, -0.2) is 51.5 Å². The highest BCUT2D eigenvalue weighted by molar-refractivity contribution is 7.17. The van der Waals surface area contributed by atoms with Gasteiger partial charge in [0.15, 0.2) is 11.5 Å². The van der Waals surface area contributed by atoms with Gasteiger partial charge < -0.3 is 19.5 Å². The van der Waals surface area contributed by atoms with E-state index in [0.717, 1.165) is 21.4 Å². The number of methoxy groups -OCH3 is 2. The van der Waals surface area contributed by atoms with Gasteiger partial charge in [-0.1, -0.05) is 18.2 Å². The standard InChI is InChI=1S/C24H27N3O5S/c1-4-32-12-11-19(18-15-33-22-8-6-5-7-17(18)22)26-27-23(28)14-25-24(29)16-9-10-20(30-2)21(13-16)31-3/h5-10,13,15H,4,11-12,14H2,1-3H3,(H,25,29)(H,27,28). The maximum Gasteiger partial charge on any atom is 0.259 e.